The molecule has 1 aromatic heterocycles. The summed E-state index contributed by atoms with van der Waals surface area (Å²) in [4.78, 5) is 26.1. The number of nitrogens with zero attached hydrogens (tertiary/aromatic N) is 1. The van der Waals surface area contributed by atoms with Crippen LogP contribution in [-0.2, 0) is 19.6 Å². The Morgan fingerprint density at radius 3 is 1.91 bits per heavy atom. The molecule has 0 amide bonds. The normalized spacial score (nSPS) is 11.7. The quantitative estimate of drug-likeness (QED) is 0.106. The van der Waals surface area contributed by atoms with Gasteiger partial charge in [-0.25, -0.2) is 22.6 Å². The zero-order valence-corrected chi connectivity index (χ0v) is 26.5. The Labute approximate surface area is 255 Å². The van der Waals surface area contributed by atoms with Gasteiger partial charge < -0.3 is 14.6 Å². The number of anilines is 1. The van der Waals surface area contributed by atoms with Gasteiger partial charge in [0.05, 0.1) is 17.1 Å². The number of hydrogen-bond donors (Lipinski definition) is 2. The minimum absolute atomic E-state index is 0.00840. The monoisotopic (exact) mass is 622 g/mol. The number of carbonyl (C=O) groups excluding carboxylic acids is 1. The van der Waals surface area contributed by atoms with Crippen molar-refractivity contribution in [2.24, 2.45) is 0 Å². The van der Waals surface area contributed by atoms with Crippen molar-refractivity contribution in [1.29, 1.82) is 0 Å². The first kappa shape index (κ1) is 36.0. The number of ether oxygens (including phenoxy) is 2. The summed E-state index contributed by atoms with van der Waals surface area (Å²) in [5, 5.41) is 8.91. The highest BCUT2D eigenvalue weighted by molar-refractivity contribution is 7.92. The van der Waals surface area contributed by atoms with Crippen LogP contribution in [0, 0.1) is 5.82 Å². The fraction of sp³-hybridized carbons (Fsp3) is 0.594. The van der Waals surface area contributed by atoms with Crippen LogP contribution >= 0.6 is 0 Å². The molecule has 0 saturated heterocycles. The fourth-order valence-electron chi connectivity index (χ4n) is 4.43. The molecule has 0 saturated carbocycles. The van der Waals surface area contributed by atoms with Crippen LogP contribution in [-0.4, -0.2) is 42.7 Å². The van der Waals surface area contributed by atoms with Crippen LogP contribution < -0.4 is 9.46 Å². The Bertz CT molecular complexity index is 1250. The lowest BCUT2D eigenvalue weighted by atomic mass is 10.0. The van der Waals surface area contributed by atoms with Gasteiger partial charge in [0.1, 0.15) is 11.4 Å². The topological polar surface area (TPSA) is 132 Å². The maximum Gasteiger partial charge on any atom is 0.337 e. The molecule has 0 radical (unpaired) electrons. The molecule has 9 nitrogen and oxygen atoms in total. The number of sulfonamides is 1. The van der Waals surface area contributed by atoms with E-state index in [0.717, 1.165) is 50.8 Å². The molecule has 0 fully saturated rings. The van der Waals surface area contributed by atoms with Crippen LogP contribution in [0.15, 0.2) is 41.4 Å². The van der Waals surface area contributed by atoms with Crippen molar-refractivity contribution >= 4 is 27.8 Å². The second-order valence-electron chi connectivity index (χ2n) is 11.7. The standard InChI is InChI=1S/C32H47FN2O7S/c1-32(2,3)42-30(36)17-15-13-11-9-7-5-4-6-8-10-12-14-16-22-41-28-20-19-26(23-27(28)33)43(39,40)35-29-21-18-25(24-34-29)31(37)38/h18-21,23-24H,4-17,22H2,1-3H3,(H,34,35)(H,37,38). The summed E-state index contributed by atoms with van der Waals surface area (Å²) in [6.45, 7) is 6.02. The van der Waals surface area contributed by atoms with Gasteiger partial charge in [-0.1, -0.05) is 70.6 Å². The third-order valence-electron chi connectivity index (χ3n) is 6.67. The molecule has 2 rings (SSSR count). The predicted molar refractivity (Wildman–Crippen MR) is 164 cm³/mol. The van der Waals surface area contributed by atoms with E-state index in [0.29, 0.717) is 13.0 Å². The van der Waals surface area contributed by atoms with Crippen LogP contribution in [0.1, 0.15) is 121 Å². The van der Waals surface area contributed by atoms with Gasteiger partial charge in [0.25, 0.3) is 10.0 Å². The highest BCUT2D eigenvalue weighted by Crippen LogP contribution is 2.23. The summed E-state index contributed by atoms with van der Waals surface area (Å²) >= 11 is 0. The van der Waals surface area contributed by atoms with Crippen LogP contribution in [0.2, 0.25) is 0 Å². The molecule has 0 unspecified atom stereocenters. The van der Waals surface area contributed by atoms with Crippen molar-refractivity contribution in [3.05, 3.63) is 47.9 Å². The van der Waals surface area contributed by atoms with E-state index in [1.54, 1.807) is 0 Å². The molecular formula is C32H47FN2O7S. The summed E-state index contributed by atoms with van der Waals surface area (Å²) in [6, 6.07) is 5.86. The molecule has 0 aliphatic heterocycles. The zero-order chi connectivity index (χ0) is 31.7. The predicted octanol–water partition coefficient (Wildman–Crippen LogP) is 7.90. The lowest BCUT2D eigenvalue weighted by Crippen LogP contribution is -2.23. The largest absolute Gasteiger partial charge is 0.491 e. The minimum atomic E-state index is -4.11. The average molecular weight is 623 g/mol. The molecule has 1 aromatic carbocycles. The number of carboxylic acids is 1. The van der Waals surface area contributed by atoms with Crippen molar-refractivity contribution in [1.82, 2.24) is 4.98 Å². The Balaban J connectivity index is 1.50. The zero-order valence-electron chi connectivity index (χ0n) is 25.7. The lowest BCUT2D eigenvalue weighted by Gasteiger charge is -2.19. The Kier molecular flexibility index (Phi) is 15.4. The minimum Gasteiger partial charge on any atom is -0.491 e. The molecule has 0 aliphatic rings. The van der Waals surface area contributed by atoms with Crippen molar-refractivity contribution in [2.45, 2.75) is 121 Å². The van der Waals surface area contributed by atoms with E-state index in [1.165, 1.54) is 69.2 Å². The maximum absolute atomic E-state index is 14.5. The van der Waals surface area contributed by atoms with E-state index in [-0.39, 0.29) is 28.0 Å². The van der Waals surface area contributed by atoms with Crippen molar-refractivity contribution < 1.29 is 37.0 Å². The number of unbranched alkanes of at least 4 members (excludes halogenated alkanes) is 12. The number of aromatic nitrogens is 1. The number of halogens is 1. The molecular weight excluding hydrogens is 575 g/mol. The van der Waals surface area contributed by atoms with E-state index in [9.17, 15) is 22.4 Å². The number of aromatic carboxylic acids is 1. The molecule has 11 heteroatoms. The molecule has 2 aromatic rings. The second-order valence-corrected chi connectivity index (χ2v) is 13.4. The van der Waals surface area contributed by atoms with Crippen molar-refractivity contribution in [2.75, 3.05) is 11.3 Å². The average Bonchev–Trinajstić information content (AvgIpc) is 2.92. The van der Waals surface area contributed by atoms with Gasteiger partial charge >= 0.3 is 11.9 Å². The van der Waals surface area contributed by atoms with E-state index in [4.69, 9.17) is 14.6 Å². The number of esters is 1. The Hall–Kier alpha value is -3.21. The van der Waals surface area contributed by atoms with E-state index in [2.05, 4.69) is 9.71 Å². The summed E-state index contributed by atoms with van der Waals surface area (Å²) in [5.74, 6) is -2.15. The van der Waals surface area contributed by atoms with Gasteiger partial charge in [0, 0.05) is 12.6 Å². The Morgan fingerprint density at radius 1 is 0.860 bits per heavy atom. The van der Waals surface area contributed by atoms with Gasteiger partial charge in [-0.15, -0.1) is 0 Å². The molecule has 2 N–H and O–H groups in total. The molecule has 0 atom stereocenters. The van der Waals surface area contributed by atoms with E-state index < -0.39 is 27.4 Å². The highest BCUT2D eigenvalue weighted by atomic mass is 32.2. The summed E-state index contributed by atoms with van der Waals surface area (Å²) < 4.78 is 52.7. The molecule has 0 bridgehead atoms. The summed E-state index contributed by atoms with van der Waals surface area (Å²) in [6.07, 6.45) is 16.1. The number of carboxylic acid groups (broad SMARTS) is 1. The van der Waals surface area contributed by atoms with Crippen molar-refractivity contribution in [3.63, 3.8) is 0 Å². The maximum atomic E-state index is 14.5. The van der Waals surface area contributed by atoms with Gasteiger partial charge in [-0.3, -0.25) is 9.52 Å². The van der Waals surface area contributed by atoms with Gasteiger partial charge in [-0.05, 0) is 63.9 Å². The van der Waals surface area contributed by atoms with Crippen LogP contribution in [0.4, 0.5) is 10.2 Å². The van der Waals surface area contributed by atoms with Gasteiger partial charge in [0.15, 0.2) is 11.6 Å². The Morgan fingerprint density at radius 2 is 1.42 bits per heavy atom. The molecule has 240 valence electrons. The molecule has 0 spiro atoms. The number of rotatable bonds is 21. The van der Waals surface area contributed by atoms with Gasteiger partial charge in [0.2, 0.25) is 0 Å². The third-order valence-corrected chi connectivity index (χ3v) is 8.02. The van der Waals surface area contributed by atoms with Gasteiger partial charge in [-0.2, -0.15) is 0 Å². The fourth-order valence-corrected chi connectivity index (χ4v) is 5.45. The number of nitrogens with one attached hydrogen (secondary N) is 1. The SMILES string of the molecule is CC(C)(C)OC(=O)CCCCCCCCCCCCCCCOc1ccc(S(=O)(=O)Nc2ccc(C(=O)O)cn2)cc1F. The smallest absolute Gasteiger partial charge is 0.337 e. The molecule has 1 heterocycles. The highest BCUT2D eigenvalue weighted by Gasteiger charge is 2.18. The third kappa shape index (κ3) is 15.2. The van der Waals surface area contributed by atoms with Crippen molar-refractivity contribution in [3.8, 4) is 5.75 Å². The molecule has 43 heavy (non-hydrogen) atoms. The lowest BCUT2D eigenvalue weighted by molar-refractivity contribution is -0.154. The first-order valence-corrected chi connectivity index (χ1v) is 16.7. The van der Waals surface area contributed by atoms with E-state index in [1.807, 2.05) is 20.8 Å². The first-order valence-electron chi connectivity index (χ1n) is 15.2. The number of hydrogen-bond acceptors (Lipinski definition) is 7. The molecule has 0 aliphatic carbocycles. The first-order chi connectivity index (χ1) is 20.4. The number of benzene rings is 1. The van der Waals surface area contributed by atoms with Crippen LogP contribution in [0.25, 0.3) is 0 Å². The van der Waals surface area contributed by atoms with Crippen LogP contribution in [0.5, 0.6) is 5.75 Å². The summed E-state index contributed by atoms with van der Waals surface area (Å²) in [7, 11) is -4.11. The number of pyridine rings is 1. The summed E-state index contributed by atoms with van der Waals surface area (Å²) in [5.41, 5.74) is -0.488. The number of carbonyl (C=O) groups is 2. The van der Waals surface area contributed by atoms with Crippen LogP contribution in [0.3, 0.4) is 0 Å². The second kappa shape index (κ2) is 18.5. The van der Waals surface area contributed by atoms with E-state index >= 15 is 0 Å².